The van der Waals surface area contributed by atoms with Crippen LogP contribution in [0, 0.1) is 59.7 Å². The summed E-state index contributed by atoms with van der Waals surface area (Å²) in [6, 6.07) is 8.42. The van der Waals surface area contributed by atoms with Gasteiger partial charge in [-0.05, 0) is 106 Å². The highest BCUT2D eigenvalue weighted by Crippen LogP contribution is 2.43. The maximum absolute atomic E-state index is 14.8. The number of ketones is 1. The van der Waals surface area contributed by atoms with Gasteiger partial charge < -0.3 is 94.3 Å². The first-order valence-corrected chi connectivity index (χ1v) is 35.1. The molecule has 2 aromatic heterocycles. The quantitative estimate of drug-likeness (QED) is 0.0164. The molecule has 24 atom stereocenters. The molecular formula is C70H88F5N7O22. The number of ether oxygens (including phenoxy) is 8. The molecule has 3 saturated heterocycles. The molecule has 104 heavy (non-hydrogen) atoms. The second kappa shape index (κ2) is 34.3. The van der Waals surface area contributed by atoms with E-state index in [0.29, 0.717) is 12.1 Å². The fourth-order valence-corrected chi connectivity index (χ4v) is 15.1. The molecule has 3 aliphatic heterocycles. The number of carbonyl (C=O) groups is 4. The van der Waals surface area contributed by atoms with E-state index < -0.39 is 207 Å². The van der Waals surface area contributed by atoms with Gasteiger partial charge in [-0.25, -0.2) is 40.9 Å². The summed E-state index contributed by atoms with van der Waals surface area (Å²) in [5.41, 5.74) is -0.360. The van der Waals surface area contributed by atoms with Crippen LogP contribution in [0.3, 0.4) is 0 Å². The van der Waals surface area contributed by atoms with E-state index in [-0.39, 0.29) is 103 Å². The number of aromatic nitrogens is 6. The van der Waals surface area contributed by atoms with E-state index in [1.165, 1.54) is 44.4 Å². The summed E-state index contributed by atoms with van der Waals surface area (Å²) >= 11 is 0. The Morgan fingerprint density at radius 1 is 0.644 bits per heavy atom. The standard InChI is InChI=1S/C70H88F5N7O22/c1-4-34-20-38(25-48(62(34)104-69-61(92)60(91)55(86)32(3)97-69)100-70-64(103-67(96)35-14-9-6-10-15-35)63(58(89)51(30-84)102-70)98-49(66(94)95)19-33-12-7-5-8-13-33)46(85)16-11-17-76-65(93)39-24-45(81-27-43(77-79-81)37-22-41(72)53(75)42(73)23-37)56(87)47(26-39)99-68-59(90)54(57(88)50(29-83)101-68)82-28-44(78-80-82)36-18-31(2)52(74)40(71)21-36/h6,9-10,14-15,18,21-23,27-28,32-34,38-39,45,47-51,54-64,68-70,83-84,86-92H,4-5,7-8,11-13,16-17,19-20,24-26,29-30H2,1-3H3,(H,76,93)(H,94,95)/t32?,34-,38?,39+,45?,47-,48-,49+,50?,51+,54-,55-,56?,57+,58+,59?,60+,61?,62?,63?,64?,68-,69+,70-/m1/s1. The van der Waals surface area contributed by atoms with Gasteiger partial charge in [-0.2, -0.15) is 0 Å². The molecule has 3 aliphatic carbocycles. The second-order valence-electron chi connectivity index (χ2n) is 27.9. The fraction of sp³-hybridized carbons (Fsp3) is 0.629. The van der Waals surface area contributed by atoms with Crippen LogP contribution in [0.5, 0.6) is 0 Å². The summed E-state index contributed by atoms with van der Waals surface area (Å²) in [5.74, 6) is -13.1. The van der Waals surface area contributed by atoms with Crippen LogP contribution in [-0.2, 0) is 52.3 Å². The zero-order valence-corrected chi connectivity index (χ0v) is 57.0. The minimum absolute atomic E-state index is 0.00556. The van der Waals surface area contributed by atoms with Crippen LogP contribution in [0.15, 0.2) is 67.0 Å². The van der Waals surface area contributed by atoms with Gasteiger partial charge in [0.1, 0.15) is 84.3 Å². The Morgan fingerprint density at radius 3 is 1.90 bits per heavy atom. The van der Waals surface area contributed by atoms with E-state index in [2.05, 4.69) is 25.9 Å². The third-order valence-corrected chi connectivity index (χ3v) is 20.9. The molecular weight excluding hydrogens is 1390 g/mol. The summed E-state index contributed by atoms with van der Waals surface area (Å²) in [5, 5.41) is 131. The van der Waals surface area contributed by atoms with E-state index in [1.807, 2.05) is 0 Å². The number of amides is 1. The number of aliphatic carboxylic acids is 1. The van der Waals surface area contributed by atoms with E-state index >= 15 is 0 Å². The molecule has 1 amide bonds. The largest absolute Gasteiger partial charge is 0.479 e. The minimum Gasteiger partial charge on any atom is -0.479 e. The normalized spacial score (nSPS) is 33.8. The summed E-state index contributed by atoms with van der Waals surface area (Å²) in [6.07, 6.45) is -24.4. The molecule has 34 heteroatoms. The zero-order chi connectivity index (χ0) is 74.5. The lowest BCUT2D eigenvalue weighted by Gasteiger charge is -2.49. The van der Waals surface area contributed by atoms with Crippen molar-refractivity contribution in [3.63, 3.8) is 0 Å². The summed E-state index contributed by atoms with van der Waals surface area (Å²) in [6.45, 7) is 2.69. The molecule has 570 valence electrons. The molecule has 6 aliphatic rings. The van der Waals surface area contributed by atoms with Crippen LogP contribution in [0.1, 0.15) is 125 Å². The molecule has 11 rings (SSSR count). The Balaban J connectivity index is 0.825. The lowest BCUT2D eigenvalue weighted by molar-refractivity contribution is -0.349. The third kappa shape index (κ3) is 17.4. The smallest absolute Gasteiger partial charge is 0.338 e. The number of aliphatic hydroxyl groups excluding tert-OH is 9. The van der Waals surface area contributed by atoms with Crippen molar-refractivity contribution < 1.29 is 130 Å². The first-order valence-electron chi connectivity index (χ1n) is 35.1. The number of carboxylic acids is 1. The average molecular weight is 1470 g/mol. The topological polar surface area (TPSA) is 418 Å². The van der Waals surface area contributed by atoms with Gasteiger partial charge in [-0.3, -0.25) is 9.59 Å². The minimum atomic E-state index is -1.90. The van der Waals surface area contributed by atoms with Gasteiger partial charge in [0.05, 0.1) is 61.6 Å². The number of benzene rings is 3. The van der Waals surface area contributed by atoms with Crippen LogP contribution in [-0.4, -0.2) is 241 Å². The Hall–Kier alpha value is -6.97. The Kier molecular flexibility index (Phi) is 25.8. The van der Waals surface area contributed by atoms with Crippen molar-refractivity contribution in [2.45, 2.75) is 233 Å². The highest BCUT2D eigenvalue weighted by atomic mass is 19.2. The van der Waals surface area contributed by atoms with Crippen LogP contribution in [0.4, 0.5) is 22.0 Å². The van der Waals surface area contributed by atoms with Gasteiger partial charge in [-0.15, -0.1) is 10.2 Å². The number of nitrogens with one attached hydrogen (secondary N) is 1. The molecule has 5 heterocycles. The summed E-state index contributed by atoms with van der Waals surface area (Å²) in [4.78, 5) is 56.5. The van der Waals surface area contributed by atoms with Crippen molar-refractivity contribution in [2.24, 2.45) is 23.7 Å². The number of aryl methyl sites for hydroxylation is 1. The number of esters is 1. The van der Waals surface area contributed by atoms with Crippen LogP contribution in [0.25, 0.3) is 22.5 Å². The van der Waals surface area contributed by atoms with Crippen LogP contribution < -0.4 is 5.32 Å². The highest BCUT2D eigenvalue weighted by Gasteiger charge is 2.55. The lowest BCUT2D eigenvalue weighted by atomic mass is 9.74. The Labute approximate surface area is 593 Å². The fourth-order valence-electron chi connectivity index (χ4n) is 15.1. The summed E-state index contributed by atoms with van der Waals surface area (Å²) in [7, 11) is 0. The van der Waals surface area contributed by atoms with Crippen molar-refractivity contribution in [2.75, 3.05) is 19.8 Å². The number of halogens is 5. The van der Waals surface area contributed by atoms with Gasteiger partial charge in [0.25, 0.3) is 0 Å². The molecule has 3 aromatic carbocycles. The average Bonchev–Trinajstić information content (AvgIpc) is 1.66. The van der Waals surface area contributed by atoms with Crippen molar-refractivity contribution in [3.05, 3.63) is 107 Å². The molecule has 5 aromatic rings. The maximum Gasteiger partial charge on any atom is 0.338 e. The van der Waals surface area contributed by atoms with Gasteiger partial charge in [0.2, 0.25) is 5.91 Å². The van der Waals surface area contributed by atoms with E-state index in [1.54, 1.807) is 25.1 Å². The Morgan fingerprint density at radius 2 is 1.25 bits per heavy atom. The van der Waals surface area contributed by atoms with Crippen molar-refractivity contribution in [3.8, 4) is 22.5 Å². The zero-order valence-electron chi connectivity index (χ0n) is 57.0. The number of carbonyl (C=O) groups excluding carboxylic acids is 3. The second-order valence-corrected chi connectivity index (χ2v) is 27.9. The molecule has 11 N–H and O–H groups in total. The molecule has 0 bridgehead atoms. The van der Waals surface area contributed by atoms with E-state index in [4.69, 9.17) is 37.9 Å². The predicted octanol–water partition coefficient (Wildman–Crippen LogP) is 3.20. The van der Waals surface area contributed by atoms with Crippen LogP contribution >= 0.6 is 0 Å². The molecule has 0 spiro atoms. The number of rotatable bonds is 26. The molecule has 10 unspecified atom stereocenters. The van der Waals surface area contributed by atoms with Gasteiger partial charge in [0, 0.05) is 35.9 Å². The SMILES string of the molecule is CC[C@@H]1CC(C(=O)CCCNC(=O)[C@H]2CC(n3cc(-c4cc(F)c(F)c(F)c4)nn3)C(O)[C@H](O[C@@H]3OC(CO)[C@H](O)[C@@H](n4cc(-c5cc(C)c(F)c(F)c5)nn4)C3O)C2)C[C@@H](O[C@@H]2O[C@@H](CO)[C@H](O)C(O[C@@H](CC3CCCCC3)C(=O)O)C2OC(=O)c2ccccc2)C1O[C@@H]1OC(C)[C@@H](O)[C@H](O)C1O. The van der Waals surface area contributed by atoms with Crippen molar-refractivity contribution in [1.29, 1.82) is 0 Å². The number of hydrogen-bond donors (Lipinski definition) is 11. The predicted molar refractivity (Wildman–Crippen MR) is 346 cm³/mol. The lowest BCUT2D eigenvalue weighted by Crippen LogP contribution is -2.64. The van der Waals surface area contributed by atoms with E-state index in [9.17, 15) is 92.2 Å². The number of aliphatic hydroxyl groups is 9. The third-order valence-electron chi connectivity index (χ3n) is 20.9. The first-order chi connectivity index (χ1) is 49.7. The van der Waals surface area contributed by atoms with Gasteiger partial charge in [-0.1, -0.05) is 74.1 Å². The van der Waals surface area contributed by atoms with Gasteiger partial charge in [0.15, 0.2) is 60.2 Å². The molecule has 29 nitrogen and oxygen atoms in total. The first kappa shape index (κ1) is 78.1. The van der Waals surface area contributed by atoms with E-state index in [0.717, 1.165) is 47.5 Å². The van der Waals surface area contributed by atoms with Crippen LogP contribution in [0.2, 0.25) is 0 Å². The number of Topliss-reactive ketones (excluding diaryl/α,β-unsaturated/α-hetero) is 1. The van der Waals surface area contributed by atoms with Crippen molar-refractivity contribution in [1.82, 2.24) is 35.3 Å². The monoisotopic (exact) mass is 1470 g/mol. The maximum atomic E-state index is 14.8. The van der Waals surface area contributed by atoms with Crippen molar-refractivity contribution >= 4 is 23.6 Å². The number of nitrogens with zero attached hydrogens (tertiary/aromatic N) is 6. The number of hydrogen-bond acceptors (Lipinski definition) is 25. The summed E-state index contributed by atoms with van der Waals surface area (Å²) < 4.78 is 124. The highest BCUT2D eigenvalue weighted by molar-refractivity contribution is 5.89. The Bertz CT molecular complexity index is 3700. The molecule has 6 fully saturated rings. The molecule has 0 radical (unpaired) electrons. The molecule has 3 saturated carbocycles. The number of carboxylic acid groups (broad SMARTS) is 1. The van der Waals surface area contributed by atoms with Gasteiger partial charge >= 0.3 is 11.9 Å².